The Hall–Kier alpha value is -2.54. The lowest BCUT2D eigenvalue weighted by molar-refractivity contribution is -0.118. The van der Waals surface area contributed by atoms with E-state index in [1.807, 2.05) is 19.1 Å². The molecule has 1 N–H and O–H groups in total. The highest BCUT2D eigenvalue weighted by Crippen LogP contribution is 2.42. The Morgan fingerprint density at radius 2 is 1.81 bits per heavy atom. The van der Waals surface area contributed by atoms with Gasteiger partial charge in [-0.25, -0.2) is 4.79 Å². The average molecular weight is 391 g/mol. The predicted molar refractivity (Wildman–Crippen MR) is 107 cm³/mol. The molecule has 0 fully saturated rings. The summed E-state index contributed by atoms with van der Waals surface area (Å²) in [6.07, 6.45) is 0. The molecular weight excluding hydrogens is 366 g/mol. The number of hydrogen-bond acceptors (Lipinski definition) is 6. The zero-order valence-electron chi connectivity index (χ0n) is 16.5. The van der Waals surface area contributed by atoms with E-state index in [4.69, 9.17) is 14.2 Å². The number of carbonyl (C=O) groups is 2. The molecule has 7 heteroatoms. The van der Waals surface area contributed by atoms with Crippen LogP contribution >= 0.6 is 11.3 Å². The molecule has 1 amide bonds. The maximum Gasteiger partial charge on any atom is 0.341 e. The quantitative estimate of drug-likeness (QED) is 0.703. The van der Waals surface area contributed by atoms with E-state index in [1.165, 1.54) is 11.3 Å². The summed E-state index contributed by atoms with van der Waals surface area (Å²) in [4.78, 5) is 25.8. The number of aryl methyl sites for hydroxylation is 1. The molecule has 2 aromatic rings. The molecule has 0 aliphatic rings. The number of methoxy groups -OCH3 is 2. The zero-order valence-corrected chi connectivity index (χ0v) is 17.3. The lowest BCUT2D eigenvalue weighted by atomic mass is 10.0. The van der Waals surface area contributed by atoms with Crippen molar-refractivity contribution in [3.05, 3.63) is 28.6 Å². The third-order valence-electron chi connectivity index (χ3n) is 4.00. The van der Waals surface area contributed by atoms with Gasteiger partial charge in [0, 0.05) is 16.4 Å². The zero-order chi connectivity index (χ0) is 20.1. The van der Waals surface area contributed by atoms with Gasteiger partial charge in [-0.15, -0.1) is 11.3 Å². The number of rotatable bonds is 7. The normalized spacial score (nSPS) is 10.6. The smallest absolute Gasteiger partial charge is 0.341 e. The number of benzene rings is 1. The number of anilines is 1. The van der Waals surface area contributed by atoms with Crippen molar-refractivity contribution < 1.29 is 23.8 Å². The molecule has 6 nitrogen and oxygen atoms in total. The van der Waals surface area contributed by atoms with E-state index >= 15 is 0 Å². The molecule has 0 radical (unpaired) electrons. The van der Waals surface area contributed by atoms with E-state index in [-0.39, 0.29) is 18.4 Å². The Kier molecular flexibility index (Phi) is 6.85. The maximum atomic E-state index is 12.7. The molecule has 27 heavy (non-hydrogen) atoms. The lowest BCUT2D eigenvalue weighted by Crippen LogP contribution is -2.19. The third-order valence-corrected chi connectivity index (χ3v) is 5.02. The van der Waals surface area contributed by atoms with Gasteiger partial charge in [-0.2, -0.15) is 0 Å². The largest absolute Gasteiger partial charge is 0.493 e. The summed E-state index contributed by atoms with van der Waals surface area (Å²) in [5, 5.41) is 3.35. The minimum atomic E-state index is -0.467. The summed E-state index contributed by atoms with van der Waals surface area (Å²) in [5.41, 5.74) is 1.87. The van der Waals surface area contributed by atoms with Crippen molar-refractivity contribution in [2.75, 3.05) is 26.1 Å². The Morgan fingerprint density at radius 1 is 1.15 bits per heavy atom. The van der Waals surface area contributed by atoms with Gasteiger partial charge in [0.25, 0.3) is 0 Å². The van der Waals surface area contributed by atoms with Crippen molar-refractivity contribution in [2.24, 2.45) is 5.92 Å². The molecule has 2 rings (SSSR count). The summed E-state index contributed by atoms with van der Waals surface area (Å²) in [5.74, 6) is 0.335. The summed E-state index contributed by atoms with van der Waals surface area (Å²) in [7, 11) is 3.12. The molecule has 1 aromatic carbocycles. The fourth-order valence-corrected chi connectivity index (χ4v) is 3.69. The highest BCUT2D eigenvalue weighted by Gasteiger charge is 2.26. The first kappa shape index (κ1) is 20.8. The standard InChI is InChI=1S/C20H25NO5S/c1-7-26-20(23)17-16(12(4)27-19(17)21-18(22)11(2)3)13-8-9-14(24-5)15(10-13)25-6/h8-11H,7H2,1-6H3,(H,21,22). The molecular formula is C20H25NO5S. The van der Waals surface area contributed by atoms with Gasteiger partial charge >= 0.3 is 5.97 Å². The van der Waals surface area contributed by atoms with Crippen LogP contribution in [0.5, 0.6) is 11.5 Å². The molecule has 0 unspecified atom stereocenters. The van der Waals surface area contributed by atoms with Gasteiger partial charge in [-0.1, -0.05) is 19.9 Å². The number of nitrogens with one attached hydrogen (secondary N) is 1. The van der Waals surface area contributed by atoms with Crippen LogP contribution in [0.4, 0.5) is 5.00 Å². The summed E-state index contributed by atoms with van der Waals surface area (Å²) in [6, 6.07) is 5.45. The summed E-state index contributed by atoms with van der Waals surface area (Å²) >= 11 is 1.35. The first-order chi connectivity index (χ1) is 12.8. The van der Waals surface area contributed by atoms with Crippen molar-refractivity contribution in [2.45, 2.75) is 27.7 Å². The fourth-order valence-electron chi connectivity index (χ4n) is 2.63. The molecule has 0 spiro atoms. The Morgan fingerprint density at radius 3 is 2.37 bits per heavy atom. The van der Waals surface area contributed by atoms with Crippen molar-refractivity contribution in [1.82, 2.24) is 0 Å². The van der Waals surface area contributed by atoms with Crippen LogP contribution in [-0.2, 0) is 9.53 Å². The second-order valence-corrected chi connectivity index (χ2v) is 7.40. The van der Waals surface area contributed by atoms with Gasteiger partial charge in [0.05, 0.1) is 20.8 Å². The molecule has 0 aliphatic heterocycles. The van der Waals surface area contributed by atoms with Crippen LogP contribution in [-0.4, -0.2) is 32.7 Å². The molecule has 0 atom stereocenters. The van der Waals surface area contributed by atoms with E-state index in [0.29, 0.717) is 22.1 Å². The van der Waals surface area contributed by atoms with Gasteiger partial charge in [-0.3, -0.25) is 4.79 Å². The van der Waals surface area contributed by atoms with Crippen LogP contribution in [0.2, 0.25) is 0 Å². The topological polar surface area (TPSA) is 73.9 Å². The van der Waals surface area contributed by atoms with E-state index in [2.05, 4.69) is 5.32 Å². The van der Waals surface area contributed by atoms with Gasteiger partial charge in [0.1, 0.15) is 10.6 Å². The maximum absolute atomic E-state index is 12.7. The van der Waals surface area contributed by atoms with Gasteiger partial charge in [0.2, 0.25) is 5.91 Å². The van der Waals surface area contributed by atoms with E-state index in [0.717, 1.165) is 16.0 Å². The van der Waals surface area contributed by atoms with Crippen LogP contribution in [0.25, 0.3) is 11.1 Å². The number of hydrogen-bond donors (Lipinski definition) is 1. The molecule has 1 aromatic heterocycles. The van der Waals surface area contributed by atoms with Gasteiger partial charge < -0.3 is 19.5 Å². The van der Waals surface area contributed by atoms with Crippen LogP contribution in [0.3, 0.4) is 0 Å². The highest BCUT2D eigenvalue weighted by atomic mass is 32.1. The van der Waals surface area contributed by atoms with Crippen molar-refractivity contribution in [3.8, 4) is 22.6 Å². The number of carbonyl (C=O) groups excluding carboxylic acids is 2. The van der Waals surface area contributed by atoms with E-state index < -0.39 is 5.97 Å². The predicted octanol–water partition coefficient (Wildman–Crippen LogP) is 4.51. The van der Waals surface area contributed by atoms with Crippen LogP contribution in [0.15, 0.2) is 18.2 Å². The molecule has 1 heterocycles. The molecule has 0 bridgehead atoms. The minimum absolute atomic E-state index is 0.152. The molecule has 0 aliphatic carbocycles. The van der Waals surface area contributed by atoms with E-state index in [9.17, 15) is 9.59 Å². The molecule has 0 saturated heterocycles. The first-order valence-corrected chi connectivity index (χ1v) is 9.49. The van der Waals surface area contributed by atoms with Crippen LogP contribution < -0.4 is 14.8 Å². The number of thiophene rings is 1. The van der Waals surface area contributed by atoms with Crippen molar-refractivity contribution in [1.29, 1.82) is 0 Å². The van der Waals surface area contributed by atoms with Gasteiger partial charge in [0.15, 0.2) is 11.5 Å². The summed E-state index contributed by atoms with van der Waals surface area (Å²) < 4.78 is 15.9. The monoisotopic (exact) mass is 391 g/mol. The highest BCUT2D eigenvalue weighted by molar-refractivity contribution is 7.17. The minimum Gasteiger partial charge on any atom is -0.493 e. The summed E-state index contributed by atoms with van der Waals surface area (Å²) in [6.45, 7) is 7.50. The van der Waals surface area contributed by atoms with E-state index in [1.54, 1.807) is 41.1 Å². The second-order valence-electron chi connectivity index (χ2n) is 6.17. The Bertz CT molecular complexity index is 841. The molecule has 146 valence electrons. The average Bonchev–Trinajstić information content (AvgIpc) is 2.96. The van der Waals surface area contributed by atoms with Gasteiger partial charge in [-0.05, 0) is 31.5 Å². The Balaban J connectivity index is 2.63. The van der Waals surface area contributed by atoms with Crippen LogP contribution in [0, 0.1) is 12.8 Å². The first-order valence-electron chi connectivity index (χ1n) is 8.67. The van der Waals surface area contributed by atoms with Crippen molar-refractivity contribution >= 4 is 28.2 Å². The van der Waals surface area contributed by atoms with Crippen molar-refractivity contribution in [3.63, 3.8) is 0 Å². The second kappa shape index (κ2) is 8.90. The number of esters is 1. The van der Waals surface area contributed by atoms with Crippen LogP contribution in [0.1, 0.15) is 36.0 Å². The SMILES string of the molecule is CCOC(=O)c1c(NC(=O)C(C)C)sc(C)c1-c1ccc(OC)c(OC)c1. The number of ether oxygens (including phenoxy) is 3. The Labute approximate surface area is 163 Å². The fraction of sp³-hybridized carbons (Fsp3) is 0.400. The number of amides is 1. The third kappa shape index (κ3) is 4.42. The lowest BCUT2D eigenvalue weighted by Gasteiger charge is -2.12. The molecule has 0 saturated carbocycles.